The molecule has 0 saturated carbocycles. The topological polar surface area (TPSA) is 216 Å². The van der Waals surface area contributed by atoms with Crippen LogP contribution in [0.3, 0.4) is 0 Å². The van der Waals surface area contributed by atoms with Gasteiger partial charge in [-0.15, -0.1) is 0 Å². The highest BCUT2D eigenvalue weighted by atomic mass is 16.7. The number of aliphatic hydroxyl groups excluding tert-OH is 4. The predicted molar refractivity (Wildman–Crippen MR) is 263 cm³/mol. The SMILES string of the molecule is CCCCN(CCCC)CCCNCC(O)CN(C)C1C[C@@H](C)O[C@@H](O[C@@H]2[C@@H](C)[C@H](O[C@H]3C[C@@](C)(OC)[C@@H](O)[C@H](C)O3)[C@@H](C)C(=O)O[C@H](CC)[C@@](C)(O)[C@H](O)[C@@H](C)N(C)C[C@H](C)C[C@@]2(C)O)[C@@H]1O. The van der Waals surface area contributed by atoms with E-state index in [1.807, 2.05) is 44.7 Å². The maximum atomic E-state index is 14.5. The molecule has 0 aromatic carbocycles. The molecule has 2 unspecified atom stereocenters. The van der Waals surface area contributed by atoms with Crippen LogP contribution in [0, 0.1) is 17.8 Å². The molecule has 68 heavy (non-hydrogen) atoms. The van der Waals surface area contributed by atoms with Gasteiger partial charge in [0.25, 0.3) is 0 Å². The molecular formula is C51H100N4O13. The molecular weight excluding hydrogens is 877 g/mol. The van der Waals surface area contributed by atoms with E-state index in [4.69, 9.17) is 28.4 Å². The number of esters is 1. The van der Waals surface area contributed by atoms with Crippen LogP contribution < -0.4 is 5.32 Å². The van der Waals surface area contributed by atoms with E-state index in [0.29, 0.717) is 26.1 Å². The molecule has 17 nitrogen and oxygen atoms in total. The Morgan fingerprint density at radius 2 is 1.51 bits per heavy atom. The molecule has 3 rings (SSSR count). The highest BCUT2D eigenvalue weighted by Crippen LogP contribution is 2.40. The first-order valence-electron chi connectivity index (χ1n) is 26.2. The Kier molecular flexibility index (Phi) is 25.0. The molecule has 402 valence electrons. The number of hydrogen-bond acceptors (Lipinski definition) is 17. The van der Waals surface area contributed by atoms with E-state index >= 15 is 0 Å². The summed E-state index contributed by atoms with van der Waals surface area (Å²) in [5.41, 5.74) is -4.51. The van der Waals surface area contributed by atoms with Gasteiger partial charge >= 0.3 is 5.97 Å². The number of unbranched alkanes of at least 4 members (excludes halogenated alkanes) is 2. The molecule has 3 saturated heterocycles. The lowest BCUT2D eigenvalue weighted by molar-refractivity contribution is -0.318. The van der Waals surface area contributed by atoms with Gasteiger partial charge in [0.05, 0.1) is 47.6 Å². The average Bonchev–Trinajstić information content (AvgIpc) is 3.27. The van der Waals surface area contributed by atoms with Crippen LogP contribution in [0.4, 0.5) is 0 Å². The molecule has 0 aromatic rings. The maximum absolute atomic E-state index is 14.5. The summed E-state index contributed by atoms with van der Waals surface area (Å²) in [6, 6.07) is -1.04. The zero-order chi connectivity index (χ0) is 51.3. The Morgan fingerprint density at radius 3 is 2.10 bits per heavy atom. The number of carbonyl (C=O) groups excluding carboxylic acids is 1. The second-order valence-electron chi connectivity index (χ2n) is 21.9. The fourth-order valence-corrected chi connectivity index (χ4v) is 11.0. The van der Waals surface area contributed by atoms with Crippen LogP contribution >= 0.6 is 0 Å². The third-order valence-electron chi connectivity index (χ3n) is 15.5. The second-order valence-corrected chi connectivity index (χ2v) is 21.9. The number of cyclic esters (lactones) is 1. The summed E-state index contributed by atoms with van der Waals surface area (Å²) in [5.74, 6) is -2.76. The van der Waals surface area contributed by atoms with Crippen molar-refractivity contribution >= 4 is 5.97 Å². The van der Waals surface area contributed by atoms with Crippen molar-refractivity contribution in [2.45, 2.75) is 237 Å². The summed E-state index contributed by atoms with van der Waals surface area (Å²) in [4.78, 5) is 20.9. The van der Waals surface area contributed by atoms with Gasteiger partial charge < -0.3 is 74.2 Å². The first kappa shape index (κ1) is 61.2. The van der Waals surface area contributed by atoms with Crippen molar-refractivity contribution < 1.29 is 63.9 Å². The number of methoxy groups -OCH3 is 1. The van der Waals surface area contributed by atoms with E-state index in [0.717, 1.165) is 32.6 Å². The van der Waals surface area contributed by atoms with Gasteiger partial charge in [0.15, 0.2) is 12.6 Å². The summed E-state index contributed by atoms with van der Waals surface area (Å²) in [5, 5.41) is 74.1. The molecule has 19 atom stereocenters. The average molecular weight is 977 g/mol. The quantitative estimate of drug-likeness (QED) is 0.0648. The first-order chi connectivity index (χ1) is 31.8. The molecule has 7 N–H and O–H groups in total. The smallest absolute Gasteiger partial charge is 0.311 e. The van der Waals surface area contributed by atoms with Crippen LogP contribution in [0.15, 0.2) is 0 Å². The third-order valence-corrected chi connectivity index (χ3v) is 15.5. The first-order valence-corrected chi connectivity index (χ1v) is 26.2. The number of nitrogens with zero attached hydrogens (tertiary/aromatic N) is 3. The van der Waals surface area contributed by atoms with E-state index < -0.39 is 108 Å². The van der Waals surface area contributed by atoms with Crippen LogP contribution in [0.1, 0.15) is 141 Å². The summed E-state index contributed by atoms with van der Waals surface area (Å²) < 4.78 is 38.2. The summed E-state index contributed by atoms with van der Waals surface area (Å²) in [6.45, 7) is 27.2. The molecule has 3 aliphatic heterocycles. The highest BCUT2D eigenvalue weighted by molar-refractivity contribution is 5.73. The van der Waals surface area contributed by atoms with Gasteiger partial charge in [0.1, 0.15) is 30.0 Å². The van der Waals surface area contributed by atoms with Crippen LogP contribution in [-0.2, 0) is 33.2 Å². The Hall–Kier alpha value is -1.13. The molecule has 0 aromatic heterocycles. The number of rotatable bonds is 21. The summed E-state index contributed by atoms with van der Waals surface area (Å²) >= 11 is 0. The molecule has 3 aliphatic rings. The molecule has 3 fully saturated rings. The number of ether oxygens (including phenoxy) is 6. The van der Waals surface area contributed by atoms with Gasteiger partial charge in [0.2, 0.25) is 0 Å². The van der Waals surface area contributed by atoms with Crippen LogP contribution in [0.5, 0.6) is 0 Å². The lowest BCUT2D eigenvalue weighted by atomic mass is 9.77. The number of hydrogen-bond donors (Lipinski definition) is 7. The number of aliphatic hydroxyl groups is 6. The van der Waals surface area contributed by atoms with Crippen molar-refractivity contribution in [1.29, 1.82) is 0 Å². The van der Waals surface area contributed by atoms with Crippen molar-refractivity contribution in [1.82, 2.24) is 20.0 Å². The Balaban J connectivity index is 1.96. The summed E-state index contributed by atoms with van der Waals surface area (Å²) in [7, 11) is 5.22. The standard InChI is InChI=1S/C51H100N4O13/c1-16-19-23-55(24-20-17-2)25-21-22-52-29-38(56)31-54(14)39-26-33(5)64-48(42(39)57)68-46-34(6)43(67-41-28-50(11,63-15)45(59)37(9)65-41)35(7)47(60)66-40(18-3)51(12,62)44(58)36(8)53(13)30-32(4)27-49(46,10)61/h32-46,48,52,56-59,61-62H,16-31H2,1-15H3/t32-,33-,34+,35-,36-,37+,38?,39?,40-,41+,42-,43+,44-,45+,46-,48+,49-,50-,51-/m1/s1. The van der Waals surface area contributed by atoms with Crippen LogP contribution in [0.25, 0.3) is 0 Å². The molecule has 0 spiro atoms. The van der Waals surface area contributed by atoms with E-state index in [1.54, 1.807) is 41.5 Å². The Bertz CT molecular complexity index is 1440. The minimum Gasteiger partial charge on any atom is -0.459 e. The Morgan fingerprint density at radius 1 is 0.897 bits per heavy atom. The fraction of sp³-hybridized carbons (Fsp3) is 0.980. The minimum absolute atomic E-state index is 0.107. The van der Waals surface area contributed by atoms with Crippen molar-refractivity contribution in [3.05, 3.63) is 0 Å². The fourth-order valence-electron chi connectivity index (χ4n) is 11.0. The molecule has 17 heteroatoms. The van der Waals surface area contributed by atoms with E-state index in [2.05, 4.69) is 24.1 Å². The molecule has 0 amide bonds. The summed E-state index contributed by atoms with van der Waals surface area (Å²) in [6.07, 6.45) is -4.04. The van der Waals surface area contributed by atoms with E-state index in [-0.39, 0.29) is 31.3 Å². The zero-order valence-electron chi connectivity index (χ0n) is 44.9. The number of carbonyl (C=O) groups is 1. The van der Waals surface area contributed by atoms with Crippen molar-refractivity contribution in [3.8, 4) is 0 Å². The van der Waals surface area contributed by atoms with E-state index in [9.17, 15) is 35.4 Å². The molecule has 3 heterocycles. The van der Waals surface area contributed by atoms with Crippen molar-refractivity contribution in [2.75, 3.05) is 67.0 Å². The van der Waals surface area contributed by atoms with Crippen LogP contribution in [-0.4, -0.2) is 215 Å². The van der Waals surface area contributed by atoms with Gasteiger partial charge in [-0.05, 0) is 133 Å². The van der Waals surface area contributed by atoms with E-state index in [1.165, 1.54) is 39.7 Å². The zero-order valence-corrected chi connectivity index (χ0v) is 44.9. The van der Waals surface area contributed by atoms with Crippen molar-refractivity contribution in [2.24, 2.45) is 17.8 Å². The van der Waals surface area contributed by atoms with Gasteiger partial charge in [-0.25, -0.2) is 0 Å². The number of likely N-dealkylation sites (N-methyl/N-ethyl adjacent to an activating group) is 2. The normalized spacial score (nSPS) is 41.3. The van der Waals surface area contributed by atoms with Gasteiger partial charge in [-0.2, -0.15) is 0 Å². The molecule has 0 bridgehead atoms. The van der Waals surface area contributed by atoms with Gasteiger partial charge in [0, 0.05) is 51.2 Å². The van der Waals surface area contributed by atoms with Gasteiger partial charge in [-0.3, -0.25) is 9.69 Å². The lowest BCUT2D eigenvalue weighted by Crippen LogP contribution is -2.61. The second kappa shape index (κ2) is 27.8. The molecule has 0 aliphatic carbocycles. The minimum atomic E-state index is -1.83. The predicted octanol–water partition coefficient (Wildman–Crippen LogP) is 3.51. The highest BCUT2D eigenvalue weighted by Gasteiger charge is 2.53. The third kappa shape index (κ3) is 16.7. The van der Waals surface area contributed by atoms with Gasteiger partial charge in [-0.1, -0.05) is 47.5 Å². The van der Waals surface area contributed by atoms with Crippen LogP contribution in [0.2, 0.25) is 0 Å². The Labute approximate surface area is 410 Å². The molecule has 0 radical (unpaired) electrons. The number of nitrogens with one attached hydrogen (secondary N) is 1. The van der Waals surface area contributed by atoms with Crippen molar-refractivity contribution in [3.63, 3.8) is 0 Å². The lowest BCUT2D eigenvalue weighted by Gasteiger charge is -2.49. The monoisotopic (exact) mass is 977 g/mol. The maximum Gasteiger partial charge on any atom is 0.311 e. The largest absolute Gasteiger partial charge is 0.459 e.